The van der Waals surface area contributed by atoms with Crippen LogP contribution in [0, 0.1) is 5.92 Å². The summed E-state index contributed by atoms with van der Waals surface area (Å²) in [5.41, 5.74) is 6.33. The Balaban J connectivity index is 2.72. The summed E-state index contributed by atoms with van der Waals surface area (Å²) >= 11 is 0. The number of nitrogens with two attached hydrogens (primary N) is 1. The Hall–Kier alpha value is -2.08. The van der Waals surface area contributed by atoms with Crippen LogP contribution in [0.3, 0.4) is 0 Å². The number of nitrogens with one attached hydrogen (secondary N) is 1. The van der Waals surface area contributed by atoms with Crippen molar-refractivity contribution >= 4 is 11.9 Å². The summed E-state index contributed by atoms with van der Waals surface area (Å²) in [4.78, 5) is 23.1. The third-order valence-electron chi connectivity index (χ3n) is 3.19. The highest BCUT2D eigenvalue weighted by molar-refractivity contribution is 5.85. The highest BCUT2D eigenvalue weighted by Gasteiger charge is 2.24. The third kappa shape index (κ3) is 4.55. The highest BCUT2D eigenvalue weighted by Crippen LogP contribution is 2.12. The average molecular weight is 280 g/mol. The van der Waals surface area contributed by atoms with Gasteiger partial charge in [-0.3, -0.25) is 4.79 Å². The molecule has 0 aliphatic carbocycles. The molecule has 5 N–H and O–H groups in total. The van der Waals surface area contributed by atoms with E-state index in [4.69, 9.17) is 10.8 Å². The molecule has 1 aromatic rings. The molecule has 0 heterocycles. The Labute approximate surface area is 117 Å². The molecule has 110 valence electrons. The van der Waals surface area contributed by atoms with Gasteiger partial charge in [0.15, 0.2) is 0 Å². The van der Waals surface area contributed by atoms with Gasteiger partial charge < -0.3 is 21.3 Å². The Morgan fingerprint density at radius 2 is 1.80 bits per heavy atom. The molecular weight excluding hydrogens is 260 g/mol. The average Bonchev–Trinajstić information content (AvgIpc) is 2.39. The van der Waals surface area contributed by atoms with Crippen LogP contribution < -0.4 is 11.1 Å². The summed E-state index contributed by atoms with van der Waals surface area (Å²) in [6.45, 7) is 3.35. The molecule has 0 saturated heterocycles. The molecule has 0 bridgehead atoms. The zero-order chi connectivity index (χ0) is 15.3. The number of carbonyl (C=O) groups excluding carboxylic acids is 1. The predicted molar refractivity (Wildman–Crippen MR) is 74.2 cm³/mol. The van der Waals surface area contributed by atoms with Crippen molar-refractivity contribution in [2.75, 3.05) is 0 Å². The summed E-state index contributed by atoms with van der Waals surface area (Å²) in [6.07, 6.45) is 0.146. The van der Waals surface area contributed by atoms with E-state index in [-0.39, 0.29) is 24.1 Å². The molecule has 0 radical (unpaired) electrons. The summed E-state index contributed by atoms with van der Waals surface area (Å²) in [7, 11) is 0. The molecule has 2 unspecified atom stereocenters. The van der Waals surface area contributed by atoms with Gasteiger partial charge in [0, 0.05) is 18.4 Å². The first-order chi connectivity index (χ1) is 9.31. The summed E-state index contributed by atoms with van der Waals surface area (Å²) in [6, 6.07) is 4.81. The normalized spacial score (nSPS) is 15.2. The number of aromatic hydroxyl groups is 1. The summed E-state index contributed by atoms with van der Waals surface area (Å²) in [5, 5.41) is 20.8. The van der Waals surface area contributed by atoms with Crippen LogP contribution in [-0.4, -0.2) is 34.2 Å². The second kappa shape index (κ2) is 6.91. The number of carboxylic acids is 1. The Morgan fingerprint density at radius 3 is 2.25 bits per heavy atom. The van der Waals surface area contributed by atoms with Gasteiger partial charge in [0.25, 0.3) is 0 Å². The van der Waals surface area contributed by atoms with E-state index in [2.05, 4.69) is 5.32 Å². The summed E-state index contributed by atoms with van der Waals surface area (Å²) < 4.78 is 0. The Morgan fingerprint density at radius 1 is 1.25 bits per heavy atom. The first-order valence-corrected chi connectivity index (χ1v) is 6.38. The molecular formula is C14H20N2O4. The van der Waals surface area contributed by atoms with E-state index in [0.29, 0.717) is 5.56 Å². The van der Waals surface area contributed by atoms with Crippen LogP contribution in [0.15, 0.2) is 24.3 Å². The number of phenolic OH excluding ortho intramolecular Hbond substituents is 1. The fourth-order valence-corrected chi connectivity index (χ4v) is 1.61. The molecule has 0 aliphatic rings. The van der Waals surface area contributed by atoms with Crippen LogP contribution in [-0.2, 0) is 16.0 Å². The molecule has 1 aromatic carbocycles. The van der Waals surface area contributed by atoms with E-state index in [9.17, 15) is 14.7 Å². The maximum atomic E-state index is 11.8. The molecule has 0 saturated carbocycles. The second-order valence-electron chi connectivity index (χ2n) is 4.92. The predicted octanol–water partition coefficient (Wildman–Crippen LogP) is 0.487. The van der Waals surface area contributed by atoms with E-state index in [1.54, 1.807) is 26.0 Å². The number of carboxylic acid groups (broad SMARTS) is 1. The minimum Gasteiger partial charge on any atom is -0.508 e. The zero-order valence-corrected chi connectivity index (χ0v) is 11.5. The number of benzene rings is 1. The minimum absolute atomic E-state index is 0.107. The SMILES string of the molecule is CC(N)C(C)C(=O)N[C@@H](Cc1ccc(O)cc1)C(=O)O. The van der Waals surface area contributed by atoms with Gasteiger partial charge in [-0.15, -0.1) is 0 Å². The lowest BCUT2D eigenvalue weighted by Crippen LogP contribution is -2.47. The first kappa shape index (κ1) is 16.0. The molecule has 3 atom stereocenters. The monoisotopic (exact) mass is 280 g/mol. The van der Waals surface area contributed by atoms with Crippen molar-refractivity contribution in [2.45, 2.75) is 32.4 Å². The van der Waals surface area contributed by atoms with Crippen LogP contribution in [0.1, 0.15) is 19.4 Å². The van der Waals surface area contributed by atoms with Crippen molar-refractivity contribution in [1.82, 2.24) is 5.32 Å². The lowest BCUT2D eigenvalue weighted by molar-refractivity contribution is -0.142. The lowest BCUT2D eigenvalue weighted by atomic mass is 10.0. The number of carbonyl (C=O) groups is 2. The molecule has 0 aliphatic heterocycles. The maximum absolute atomic E-state index is 11.8. The molecule has 0 aromatic heterocycles. The molecule has 1 amide bonds. The standard InChI is InChI=1S/C14H20N2O4/c1-8(9(2)15)13(18)16-12(14(19)20)7-10-3-5-11(17)6-4-10/h3-6,8-9,12,17H,7,15H2,1-2H3,(H,16,18)(H,19,20)/t8?,9?,12-/m0/s1. The number of amides is 1. The van der Waals surface area contributed by atoms with Crippen LogP contribution in [0.2, 0.25) is 0 Å². The minimum atomic E-state index is -1.11. The quantitative estimate of drug-likeness (QED) is 0.605. The molecule has 6 heteroatoms. The van der Waals surface area contributed by atoms with E-state index in [0.717, 1.165) is 0 Å². The first-order valence-electron chi connectivity index (χ1n) is 6.38. The highest BCUT2D eigenvalue weighted by atomic mass is 16.4. The molecule has 0 spiro atoms. The fourth-order valence-electron chi connectivity index (χ4n) is 1.61. The van der Waals surface area contributed by atoms with Gasteiger partial charge >= 0.3 is 5.97 Å². The van der Waals surface area contributed by atoms with Gasteiger partial charge in [0.2, 0.25) is 5.91 Å². The Bertz CT molecular complexity index is 471. The van der Waals surface area contributed by atoms with Crippen molar-refractivity contribution < 1.29 is 19.8 Å². The van der Waals surface area contributed by atoms with E-state index in [1.807, 2.05) is 0 Å². The lowest BCUT2D eigenvalue weighted by Gasteiger charge is -2.20. The number of phenols is 1. The van der Waals surface area contributed by atoms with Crippen molar-refractivity contribution in [3.63, 3.8) is 0 Å². The number of hydrogen-bond acceptors (Lipinski definition) is 4. The third-order valence-corrected chi connectivity index (χ3v) is 3.19. The summed E-state index contributed by atoms with van der Waals surface area (Å²) in [5.74, 6) is -1.85. The fraction of sp³-hybridized carbons (Fsp3) is 0.429. The molecule has 1 rings (SSSR count). The zero-order valence-electron chi connectivity index (χ0n) is 11.5. The van der Waals surface area contributed by atoms with Crippen molar-refractivity contribution in [1.29, 1.82) is 0 Å². The van der Waals surface area contributed by atoms with E-state index < -0.39 is 17.9 Å². The number of aliphatic carboxylic acids is 1. The molecule has 0 fully saturated rings. The number of rotatable bonds is 6. The van der Waals surface area contributed by atoms with Gasteiger partial charge in [0.05, 0.1) is 0 Å². The second-order valence-corrected chi connectivity index (χ2v) is 4.92. The van der Waals surface area contributed by atoms with Gasteiger partial charge in [-0.2, -0.15) is 0 Å². The largest absolute Gasteiger partial charge is 0.508 e. The van der Waals surface area contributed by atoms with E-state index >= 15 is 0 Å². The maximum Gasteiger partial charge on any atom is 0.326 e. The van der Waals surface area contributed by atoms with Crippen LogP contribution in [0.5, 0.6) is 5.75 Å². The smallest absolute Gasteiger partial charge is 0.326 e. The van der Waals surface area contributed by atoms with Crippen LogP contribution >= 0.6 is 0 Å². The van der Waals surface area contributed by atoms with Crippen LogP contribution in [0.25, 0.3) is 0 Å². The van der Waals surface area contributed by atoms with Crippen molar-refractivity contribution in [3.8, 4) is 5.75 Å². The molecule has 20 heavy (non-hydrogen) atoms. The number of hydrogen-bond donors (Lipinski definition) is 4. The van der Waals surface area contributed by atoms with Crippen molar-refractivity contribution in [2.24, 2.45) is 11.7 Å². The molecule has 6 nitrogen and oxygen atoms in total. The van der Waals surface area contributed by atoms with E-state index in [1.165, 1.54) is 12.1 Å². The topological polar surface area (TPSA) is 113 Å². The van der Waals surface area contributed by atoms with Crippen molar-refractivity contribution in [3.05, 3.63) is 29.8 Å². The Kier molecular flexibility index (Phi) is 5.52. The van der Waals surface area contributed by atoms with Gasteiger partial charge in [-0.1, -0.05) is 19.1 Å². The van der Waals surface area contributed by atoms with Gasteiger partial charge in [-0.05, 0) is 24.6 Å². The van der Waals surface area contributed by atoms with Gasteiger partial charge in [0.1, 0.15) is 11.8 Å². The van der Waals surface area contributed by atoms with Gasteiger partial charge in [-0.25, -0.2) is 4.79 Å². The van der Waals surface area contributed by atoms with Crippen LogP contribution in [0.4, 0.5) is 0 Å².